The van der Waals surface area contributed by atoms with E-state index in [2.05, 4.69) is 14.7 Å². The van der Waals surface area contributed by atoms with Crippen molar-refractivity contribution in [3.63, 3.8) is 0 Å². The van der Waals surface area contributed by atoms with E-state index in [1.165, 1.54) is 31.2 Å². The summed E-state index contributed by atoms with van der Waals surface area (Å²) in [6.07, 6.45) is -4.75. The molecule has 0 saturated carbocycles. The van der Waals surface area contributed by atoms with Crippen LogP contribution in [-0.2, 0) is 16.2 Å². The van der Waals surface area contributed by atoms with E-state index in [4.69, 9.17) is 0 Å². The van der Waals surface area contributed by atoms with Crippen molar-refractivity contribution in [2.24, 2.45) is 0 Å². The molecule has 1 heterocycles. The quantitative estimate of drug-likeness (QED) is 0.903. The lowest BCUT2D eigenvalue weighted by molar-refractivity contribution is -0.159. The van der Waals surface area contributed by atoms with E-state index in [0.29, 0.717) is 0 Å². The zero-order valence-electron chi connectivity index (χ0n) is 11.6. The molecule has 0 saturated heterocycles. The summed E-state index contributed by atoms with van der Waals surface area (Å²) >= 11 is 0. The first-order valence-electron chi connectivity index (χ1n) is 6.18. The Labute approximate surface area is 128 Å². The maximum absolute atomic E-state index is 12.4. The summed E-state index contributed by atoms with van der Waals surface area (Å²) in [5, 5.41) is 3.20. The number of benzene rings is 1. The van der Waals surface area contributed by atoms with Gasteiger partial charge in [-0.25, -0.2) is 13.1 Å². The number of nitrogens with one attached hydrogen (secondary N) is 1. The van der Waals surface area contributed by atoms with Gasteiger partial charge in [0.2, 0.25) is 15.8 Å². The van der Waals surface area contributed by atoms with Crippen LogP contribution in [0.4, 0.5) is 13.2 Å². The zero-order chi connectivity index (χ0) is 17.3. The second kappa shape index (κ2) is 5.99. The summed E-state index contributed by atoms with van der Waals surface area (Å²) in [7, 11) is -3.71. The summed E-state index contributed by atoms with van der Waals surface area (Å²) in [6.45, 7) is 1.37. The van der Waals surface area contributed by atoms with Crippen LogP contribution in [0.15, 0.2) is 28.8 Å². The van der Waals surface area contributed by atoms with Crippen LogP contribution in [0.1, 0.15) is 23.2 Å². The molecule has 2 rings (SSSR count). The van der Waals surface area contributed by atoms with E-state index >= 15 is 0 Å². The standard InChI is InChI=1S/C12H10F3N3O4S/c1-2-23(20,21)18-10(19)8-5-3-7(4-6-8)9-16-11(22-17-9)12(13,14)15/h3-6H,2H2,1H3,(H,18,19). The van der Waals surface area contributed by atoms with E-state index in [1.54, 1.807) is 0 Å². The van der Waals surface area contributed by atoms with Crippen LogP contribution in [0.3, 0.4) is 0 Å². The lowest BCUT2D eigenvalue weighted by Crippen LogP contribution is -2.31. The first-order chi connectivity index (χ1) is 10.6. The maximum Gasteiger partial charge on any atom is 0.471 e. The number of carbonyl (C=O) groups is 1. The Morgan fingerprint density at radius 3 is 2.35 bits per heavy atom. The second-order valence-electron chi connectivity index (χ2n) is 4.33. The first kappa shape index (κ1) is 16.9. The molecule has 1 aromatic carbocycles. The molecule has 0 unspecified atom stereocenters. The minimum absolute atomic E-state index is 0.0188. The van der Waals surface area contributed by atoms with Gasteiger partial charge in [-0.1, -0.05) is 17.3 Å². The van der Waals surface area contributed by atoms with Gasteiger partial charge in [0.25, 0.3) is 5.91 Å². The fourth-order valence-corrected chi connectivity index (χ4v) is 2.04. The van der Waals surface area contributed by atoms with Crippen molar-refractivity contribution in [2.45, 2.75) is 13.1 Å². The lowest BCUT2D eigenvalue weighted by atomic mass is 10.1. The Morgan fingerprint density at radius 2 is 1.87 bits per heavy atom. The van der Waals surface area contributed by atoms with Crippen molar-refractivity contribution in [1.82, 2.24) is 14.9 Å². The first-order valence-corrected chi connectivity index (χ1v) is 7.84. The third-order valence-corrected chi connectivity index (χ3v) is 3.96. The number of carbonyl (C=O) groups excluding carboxylic acids is 1. The van der Waals surface area contributed by atoms with Crippen LogP contribution >= 0.6 is 0 Å². The largest absolute Gasteiger partial charge is 0.471 e. The van der Waals surface area contributed by atoms with Gasteiger partial charge < -0.3 is 4.52 Å². The summed E-state index contributed by atoms with van der Waals surface area (Å²) in [6, 6.07) is 5.02. The van der Waals surface area contributed by atoms with Crippen molar-refractivity contribution in [2.75, 3.05) is 5.75 Å². The van der Waals surface area contributed by atoms with Crippen molar-refractivity contribution in [3.05, 3.63) is 35.7 Å². The molecule has 0 bridgehead atoms. The third-order valence-electron chi connectivity index (χ3n) is 2.70. The number of sulfonamides is 1. The van der Waals surface area contributed by atoms with Crippen LogP contribution in [0.25, 0.3) is 11.4 Å². The molecular weight excluding hydrogens is 339 g/mol. The molecule has 124 valence electrons. The van der Waals surface area contributed by atoms with Crippen molar-refractivity contribution in [1.29, 1.82) is 0 Å². The Bertz CT molecular complexity index is 813. The number of aromatic nitrogens is 2. The summed E-state index contributed by atoms with van der Waals surface area (Å²) in [4.78, 5) is 14.9. The lowest BCUT2D eigenvalue weighted by Gasteiger charge is -2.04. The summed E-state index contributed by atoms with van der Waals surface area (Å²) in [5.74, 6) is -2.89. The minimum atomic E-state index is -4.75. The van der Waals surface area contributed by atoms with E-state index < -0.39 is 28.0 Å². The van der Waals surface area contributed by atoms with Gasteiger partial charge >= 0.3 is 12.1 Å². The predicted octanol–water partition coefficient (Wildman–Crippen LogP) is 1.83. The van der Waals surface area contributed by atoms with Crippen LogP contribution in [0.2, 0.25) is 0 Å². The number of nitrogens with zero attached hydrogens (tertiary/aromatic N) is 2. The molecular formula is C12H10F3N3O4S. The molecule has 0 radical (unpaired) electrons. The van der Waals surface area contributed by atoms with Gasteiger partial charge in [-0.05, 0) is 19.1 Å². The third kappa shape index (κ3) is 4.06. The number of halogens is 3. The SMILES string of the molecule is CCS(=O)(=O)NC(=O)c1ccc(-c2noc(C(F)(F)F)n2)cc1. The van der Waals surface area contributed by atoms with Crippen LogP contribution in [-0.4, -0.2) is 30.2 Å². The highest BCUT2D eigenvalue weighted by Crippen LogP contribution is 2.29. The molecule has 0 spiro atoms. The molecule has 1 amide bonds. The van der Waals surface area contributed by atoms with Gasteiger partial charge in [0.1, 0.15) is 0 Å². The highest BCUT2D eigenvalue weighted by atomic mass is 32.2. The predicted molar refractivity (Wildman–Crippen MR) is 71.7 cm³/mol. The molecule has 1 aromatic heterocycles. The highest BCUT2D eigenvalue weighted by molar-refractivity contribution is 7.90. The molecule has 0 aliphatic carbocycles. The Kier molecular flexibility index (Phi) is 4.41. The van der Waals surface area contributed by atoms with Gasteiger partial charge in [0, 0.05) is 11.1 Å². The monoisotopic (exact) mass is 349 g/mol. The fraction of sp³-hybridized carbons (Fsp3) is 0.250. The topological polar surface area (TPSA) is 102 Å². The van der Waals surface area contributed by atoms with E-state index in [-0.39, 0.29) is 22.7 Å². The Morgan fingerprint density at radius 1 is 1.26 bits per heavy atom. The minimum Gasteiger partial charge on any atom is -0.329 e. The molecule has 11 heteroatoms. The van der Waals surface area contributed by atoms with E-state index in [0.717, 1.165) is 0 Å². The van der Waals surface area contributed by atoms with Gasteiger partial charge in [0.05, 0.1) is 5.75 Å². The molecule has 23 heavy (non-hydrogen) atoms. The number of hydrogen-bond donors (Lipinski definition) is 1. The van der Waals surface area contributed by atoms with Crippen molar-refractivity contribution in [3.8, 4) is 11.4 Å². The van der Waals surface area contributed by atoms with Crippen LogP contribution in [0, 0.1) is 0 Å². The van der Waals surface area contributed by atoms with Crippen LogP contribution in [0.5, 0.6) is 0 Å². The van der Waals surface area contributed by atoms with E-state index in [9.17, 15) is 26.4 Å². The highest BCUT2D eigenvalue weighted by Gasteiger charge is 2.38. The van der Waals surface area contributed by atoms with Crippen molar-refractivity contribution < 1.29 is 30.9 Å². The molecule has 0 fully saturated rings. The number of amides is 1. The average Bonchev–Trinajstić information content (AvgIpc) is 2.97. The van der Waals surface area contributed by atoms with Crippen LogP contribution < -0.4 is 4.72 Å². The number of rotatable bonds is 4. The zero-order valence-corrected chi connectivity index (χ0v) is 12.4. The maximum atomic E-state index is 12.4. The number of alkyl halides is 3. The van der Waals surface area contributed by atoms with Gasteiger partial charge in [-0.3, -0.25) is 4.79 Å². The normalized spacial score (nSPS) is 12.2. The van der Waals surface area contributed by atoms with Crippen molar-refractivity contribution >= 4 is 15.9 Å². The van der Waals surface area contributed by atoms with E-state index in [1.807, 2.05) is 4.72 Å². The summed E-state index contributed by atoms with van der Waals surface area (Å²) in [5.41, 5.74) is 0.199. The van der Waals surface area contributed by atoms with Gasteiger partial charge in [0.15, 0.2) is 0 Å². The molecule has 0 atom stereocenters. The second-order valence-corrected chi connectivity index (χ2v) is 6.34. The molecule has 2 aromatic rings. The van der Waals surface area contributed by atoms with Gasteiger partial charge in [-0.2, -0.15) is 18.2 Å². The molecule has 7 nitrogen and oxygen atoms in total. The van der Waals surface area contributed by atoms with Gasteiger partial charge in [-0.15, -0.1) is 0 Å². The molecule has 0 aliphatic heterocycles. The fourth-order valence-electron chi connectivity index (χ4n) is 1.50. The number of hydrogen-bond acceptors (Lipinski definition) is 6. The Balaban J connectivity index is 2.20. The molecule has 0 aliphatic rings. The average molecular weight is 349 g/mol. The molecule has 1 N–H and O–H groups in total. The Hall–Kier alpha value is -2.43. The smallest absolute Gasteiger partial charge is 0.329 e. The summed E-state index contributed by atoms with van der Waals surface area (Å²) < 4.78 is 65.6.